The standard InChI is InChI=1S/C15H23BrN2O/c1-15(17-2)6-8-18(9-7-15)10-11-19-14-5-3-4-13(16)12-14/h3-5,12,17H,6-11H2,1-2H3. The number of nitrogens with zero attached hydrogens (tertiary/aromatic N) is 1. The van der Waals surface area contributed by atoms with Gasteiger partial charge in [0.2, 0.25) is 0 Å². The van der Waals surface area contributed by atoms with Crippen molar-refractivity contribution in [1.82, 2.24) is 10.2 Å². The number of halogens is 1. The van der Waals surface area contributed by atoms with Crippen LogP contribution < -0.4 is 10.1 Å². The maximum Gasteiger partial charge on any atom is 0.120 e. The van der Waals surface area contributed by atoms with Gasteiger partial charge in [0.15, 0.2) is 0 Å². The van der Waals surface area contributed by atoms with E-state index in [1.54, 1.807) is 0 Å². The molecule has 3 nitrogen and oxygen atoms in total. The van der Waals surface area contributed by atoms with Crippen molar-refractivity contribution in [3.63, 3.8) is 0 Å². The first-order valence-electron chi connectivity index (χ1n) is 6.91. The Bertz CT molecular complexity index is 403. The Labute approximate surface area is 124 Å². The van der Waals surface area contributed by atoms with Crippen LogP contribution in [0, 0.1) is 0 Å². The van der Waals surface area contributed by atoms with Gasteiger partial charge in [-0.3, -0.25) is 4.90 Å². The number of ether oxygens (including phenoxy) is 1. The second kappa shape index (κ2) is 6.73. The summed E-state index contributed by atoms with van der Waals surface area (Å²) in [5, 5.41) is 3.43. The van der Waals surface area contributed by atoms with Gasteiger partial charge in [-0.25, -0.2) is 0 Å². The molecule has 0 radical (unpaired) electrons. The molecule has 4 heteroatoms. The van der Waals surface area contributed by atoms with Gasteiger partial charge in [0.05, 0.1) is 0 Å². The highest BCUT2D eigenvalue weighted by Crippen LogP contribution is 2.21. The van der Waals surface area contributed by atoms with Crippen LogP contribution in [0.3, 0.4) is 0 Å². The molecule has 0 spiro atoms. The quantitative estimate of drug-likeness (QED) is 0.900. The highest BCUT2D eigenvalue weighted by molar-refractivity contribution is 9.10. The minimum absolute atomic E-state index is 0.321. The van der Waals surface area contributed by atoms with Gasteiger partial charge in [0, 0.05) is 29.6 Å². The molecule has 2 rings (SSSR count). The van der Waals surface area contributed by atoms with Crippen molar-refractivity contribution in [3.05, 3.63) is 28.7 Å². The summed E-state index contributed by atoms with van der Waals surface area (Å²) in [6.45, 7) is 6.37. The Balaban J connectivity index is 1.70. The molecule has 0 unspecified atom stereocenters. The first-order valence-corrected chi connectivity index (χ1v) is 7.70. The summed E-state index contributed by atoms with van der Waals surface area (Å²) in [4.78, 5) is 2.48. The summed E-state index contributed by atoms with van der Waals surface area (Å²) in [5.74, 6) is 0.937. The molecule has 0 bridgehead atoms. The SMILES string of the molecule is CNC1(C)CCN(CCOc2cccc(Br)c2)CC1. The third-order valence-electron chi connectivity index (χ3n) is 4.04. The minimum atomic E-state index is 0.321. The highest BCUT2D eigenvalue weighted by Gasteiger charge is 2.27. The Kier molecular flexibility index (Phi) is 5.25. The number of nitrogens with one attached hydrogen (secondary N) is 1. The van der Waals surface area contributed by atoms with Crippen LogP contribution in [0.2, 0.25) is 0 Å². The molecule has 1 aromatic carbocycles. The molecule has 0 saturated carbocycles. The fraction of sp³-hybridized carbons (Fsp3) is 0.600. The molecule has 106 valence electrons. The lowest BCUT2D eigenvalue weighted by atomic mass is 9.90. The number of benzene rings is 1. The fourth-order valence-corrected chi connectivity index (χ4v) is 2.75. The minimum Gasteiger partial charge on any atom is -0.492 e. The van der Waals surface area contributed by atoms with E-state index >= 15 is 0 Å². The van der Waals surface area contributed by atoms with Crippen LogP contribution in [0.4, 0.5) is 0 Å². The highest BCUT2D eigenvalue weighted by atomic mass is 79.9. The average Bonchev–Trinajstić information content (AvgIpc) is 2.41. The van der Waals surface area contributed by atoms with Crippen molar-refractivity contribution in [2.24, 2.45) is 0 Å². The Morgan fingerprint density at radius 2 is 2.11 bits per heavy atom. The van der Waals surface area contributed by atoms with Crippen LogP contribution in [0.1, 0.15) is 19.8 Å². The molecular weight excluding hydrogens is 304 g/mol. The molecule has 0 aromatic heterocycles. The van der Waals surface area contributed by atoms with E-state index in [1.807, 2.05) is 24.3 Å². The molecule has 1 aromatic rings. The normalized spacial score (nSPS) is 19.3. The third kappa shape index (κ3) is 4.48. The maximum absolute atomic E-state index is 5.78. The van der Waals surface area contributed by atoms with E-state index in [9.17, 15) is 0 Å². The lowest BCUT2D eigenvalue weighted by Crippen LogP contribution is -2.50. The molecule has 19 heavy (non-hydrogen) atoms. The Morgan fingerprint density at radius 3 is 2.74 bits per heavy atom. The summed E-state index contributed by atoms with van der Waals surface area (Å²) < 4.78 is 6.84. The van der Waals surface area contributed by atoms with E-state index in [2.05, 4.69) is 40.1 Å². The van der Waals surface area contributed by atoms with E-state index in [4.69, 9.17) is 4.74 Å². The lowest BCUT2D eigenvalue weighted by Gasteiger charge is -2.39. The summed E-state index contributed by atoms with van der Waals surface area (Å²) in [6.07, 6.45) is 2.42. The van der Waals surface area contributed by atoms with Crippen molar-refractivity contribution in [2.75, 3.05) is 33.3 Å². The van der Waals surface area contributed by atoms with Gasteiger partial charge >= 0.3 is 0 Å². The monoisotopic (exact) mass is 326 g/mol. The van der Waals surface area contributed by atoms with Gasteiger partial charge in [-0.2, -0.15) is 0 Å². The van der Waals surface area contributed by atoms with Crippen molar-refractivity contribution in [3.8, 4) is 5.75 Å². The van der Waals surface area contributed by atoms with Crippen molar-refractivity contribution in [2.45, 2.75) is 25.3 Å². The van der Waals surface area contributed by atoms with Crippen LogP contribution in [-0.4, -0.2) is 43.7 Å². The molecule has 0 amide bonds. The Morgan fingerprint density at radius 1 is 1.37 bits per heavy atom. The number of rotatable bonds is 5. The number of hydrogen-bond donors (Lipinski definition) is 1. The molecule has 1 N–H and O–H groups in total. The predicted molar refractivity (Wildman–Crippen MR) is 82.8 cm³/mol. The topological polar surface area (TPSA) is 24.5 Å². The first kappa shape index (κ1) is 14.8. The van der Waals surface area contributed by atoms with Gasteiger partial charge < -0.3 is 10.1 Å². The zero-order valence-electron chi connectivity index (χ0n) is 11.8. The van der Waals surface area contributed by atoms with Gasteiger partial charge in [-0.15, -0.1) is 0 Å². The van der Waals surface area contributed by atoms with E-state index in [0.717, 1.165) is 36.5 Å². The average molecular weight is 327 g/mol. The van der Waals surface area contributed by atoms with E-state index < -0.39 is 0 Å². The van der Waals surface area contributed by atoms with Gasteiger partial charge in [-0.05, 0) is 45.0 Å². The second-order valence-electron chi connectivity index (χ2n) is 5.46. The van der Waals surface area contributed by atoms with E-state index in [0.29, 0.717) is 5.54 Å². The van der Waals surface area contributed by atoms with Crippen molar-refractivity contribution < 1.29 is 4.74 Å². The zero-order valence-corrected chi connectivity index (χ0v) is 13.4. The van der Waals surface area contributed by atoms with Crippen LogP contribution in [0.25, 0.3) is 0 Å². The third-order valence-corrected chi connectivity index (χ3v) is 4.53. The van der Waals surface area contributed by atoms with Crippen LogP contribution in [-0.2, 0) is 0 Å². The summed E-state index contributed by atoms with van der Waals surface area (Å²) in [6, 6.07) is 8.02. The number of hydrogen-bond acceptors (Lipinski definition) is 3. The molecule has 0 aliphatic carbocycles. The molecule has 1 fully saturated rings. The smallest absolute Gasteiger partial charge is 0.120 e. The number of likely N-dealkylation sites (tertiary alicyclic amines) is 1. The van der Waals surface area contributed by atoms with Gasteiger partial charge in [0.25, 0.3) is 0 Å². The van der Waals surface area contributed by atoms with E-state index in [-0.39, 0.29) is 0 Å². The lowest BCUT2D eigenvalue weighted by molar-refractivity contribution is 0.132. The number of piperidine rings is 1. The summed E-state index contributed by atoms with van der Waals surface area (Å²) in [7, 11) is 2.06. The van der Waals surface area contributed by atoms with Gasteiger partial charge in [-0.1, -0.05) is 22.0 Å². The largest absolute Gasteiger partial charge is 0.492 e. The molecule has 1 saturated heterocycles. The maximum atomic E-state index is 5.78. The summed E-state index contributed by atoms with van der Waals surface area (Å²) >= 11 is 3.45. The van der Waals surface area contributed by atoms with Crippen LogP contribution in [0.5, 0.6) is 5.75 Å². The predicted octanol–water partition coefficient (Wildman–Crippen LogP) is 2.90. The fourth-order valence-electron chi connectivity index (χ4n) is 2.37. The molecule has 0 atom stereocenters. The Hall–Kier alpha value is -0.580. The first-order chi connectivity index (χ1) is 9.11. The molecule has 1 heterocycles. The van der Waals surface area contributed by atoms with Crippen molar-refractivity contribution in [1.29, 1.82) is 0 Å². The van der Waals surface area contributed by atoms with Crippen LogP contribution in [0.15, 0.2) is 28.7 Å². The van der Waals surface area contributed by atoms with Gasteiger partial charge in [0.1, 0.15) is 12.4 Å². The summed E-state index contributed by atoms with van der Waals surface area (Å²) in [5.41, 5.74) is 0.321. The zero-order chi connectivity index (χ0) is 13.7. The second-order valence-corrected chi connectivity index (χ2v) is 6.37. The molecule has 1 aliphatic rings. The van der Waals surface area contributed by atoms with Crippen molar-refractivity contribution >= 4 is 15.9 Å². The van der Waals surface area contributed by atoms with E-state index in [1.165, 1.54) is 12.8 Å². The van der Waals surface area contributed by atoms with Crippen LogP contribution >= 0.6 is 15.9 Å². The molecule has 1 aliphatic heterocycles. The molecular formula is C15H23BrN2O.